The number of aliphatic carboxylic acids is 2. The standard InChI is InChI=1S/C14H14N2O5/c17-12(16-11(14(20)21)6-13(18)19)5-8-7-15-10-4-2-1-3-9(8)10/h1,3-4,7,11H,2,5-6H2,(H,16,17)(H,18,19)(H,20,21)/t11-/m0/s1. The minimum absolute atomic E-state index is 0.0378. The van der Waals surface area contributed by atoms with Gasteiger partial charge in [-0.15, -0.1) is 0 Å². The lowest BCUT2D eigenvalue weighted by Gasteiger charge is -2.12. The molecule has 0 saturated heterocycles. The molecule has 110 valence electrons. The van der Waals surface area contributed by atoms with Crippen LogP contribution in [0.5, 0.6) is 0 Å². The third-order valence-corrected chi connectivity index (χ3v) is 3.08. The lowest BCUT2D eigenvalue weighted by molar-refractivity contribution is -0.147. The summed E-state index contributed by atoms with van der Waals surface area (Å²) in [6.45, 7) is 0. The predicted octanol–water partition coefficient (Wildman–Crippen LogP) is 0.645. The first-order chi connectivity index (χ1) is 9.97. The molecule has 7 heteroatoms. The van der Waals surface area contributed by atoms with Gasteiger partial charge in [-0.1, -0.05) is 18.2 Å². The topological polar surface area (TPSA) is 116 Å². The summed E-state index contributed by atoms with van der Waals surface area (Å²) in [5.74, 6) is -3.20. The van der Waals surface area contributed by atoms with Crippen LogP contribution in [-0.4, -0.2) is 40.3 Å². The summed E-state index contributed by atoms with van der Waals surface area (Å²) < 4.78 is 0. The highest BCUT2D eigenvalue weighted by Crippen LogP contribution is 2.28. The maximum absolute atomic E-state index is 11.9. The van der Waals surface area contributed by atoms with E-state index in [1.54, 1.807) is 6.21 Å². The Labute approximate surface area is 120 Å². The number of carbonyl (C=O) groups is 3. The van der Waals surface area contributed by atoms with Gasteiger partial charge in [-0.3, -0.25) is 14.6 Å². The molecule has 0 radical (unpaired) electrons. The summed E-state index contributed by atoms with van der Waals surface area (Å²) in [5, 5.41) is 19.7. The fraction of sp³-hybridized carbons (Fsp3) is 0.286. The molecule has 0 aromatic carbocycles. The van der Waals surface area contributed by atoms with E-state index in [2.05, 4.69) is 10.3 Å². The molecule has 2 rings (SSSR count). The molecule has 1 aliphatic heterocycles. The minimum Gasteiger partial charge on any atom is -0.481 e. The van der Waals surface area contributed by atoms with E-state index in [-0.39, 0.29) is 6.42 Å². The van der Waals surface area contributed by atoms with Crippen molar-refractivity contribution >= 4 is 24.1 Å². The highest BCUT2D eigenvalue weighted by atomic mass is 16.4. The van der Waals surface area contributed by atoms with Gasteiger partial charge in [0.25, 0.3) is 0 Å². The van der Waals surface area contributed by atoms with E-state index < -0.39 is 30.3 Å². The quantitative estimate of drug-likeness (QED) is 0.664. The van der Waals surface area contributed by atoms with Gasteiger partial charge in [0.1, 0.15) is 6.04 Å². The molecule has 0 fully saturated rings. The second-order valence-electron chi connectivity index (χ2n) is 4.66. The second kappa shape index (κ2) is 6.17. The number of aliphatic imine (C=N–C) groups is 1. The molecule has 7 nitrogen and oxygen atoms in total. The number of nitrogens with one attached hydrogen (secondary N) is 1. The van der Waals surface area contributed by atoms with Crippen LogP contribution in [0.4, 0.5) is 0 Å². The highest BCUT2D eigenvalue weighted by molar-refractivity contribution is 5.96. The Hall–Kier alpha value is -2.70. The Balaban J connectivity index is 2.02. The van der Waals surface area contributed by atoms with Crippen LogP contribution in [0.1, 0.15) is 19.3 Å². The van der Waals surface area contributed by atoms with Gasteiger partial charge in [0.05, 0.1) is 18.5 Å². The lowest BCUT2D eigenvalue weighted by atomic mass is 10.0. The number of carboxylic acid groups (broad SMARTS) is 2. The second-order valence-corrected chi connectivity index (χ2v) is 4.66. The van der Waals surface area contributed by atoms with Crippen molar-refractivity contribution in [1.82, 2.24) is 5.32 Å². The maximum Gasteiger partial charge on any atom is 0.326 e. The van der Waals surface area contributed by atoms with Crippen molar-refractivity contribution in [3.05, 3.63) is 35.1 Å². The van der Waals surface area contributed by atoms with E-state index in [4.69, 9.17) is 10.2 Å². The van der Waals surface area contributed by atoms with Crippen LogP contribution < -0.4 is 5.32 Å². The number of allylic oxidation sites excluding steroid dienone is 3. The van der Waals surface area contributed by atoms with Crippen molar-refractivity contribution in [2.75, 3.05) is 0 Å². The van der Waals surface area contributed by atoms with E-state index >= 15 is 0 Å². The predicted molar refractivity (Wildman–Crippen MR) is 73.8 cm³/mol. The number of nitrogens with zero attached hydrogens (tertiary/aromatic N) is 1. The van der Waals surface area contributed by atoms with Crippen molar-refractivity contribution in [3.63, 3.8) is 0 Å². The molecule has 2 aliphatic rings. The van der Waals surface area contributed by atoms with E-state index in [9.17, 15) is 14.4 Å². The van der Waals surface area contributed by atoms with Crippen LogP contribution in [0, 0.1) is 0 Å². The van der Waals surface area contributed by atoms with Crippen molar-refractivity contribution in [2.24, 2.45) is 4.99 Å². The third-order valence-electron chi connectivity index (χ3n) is 3.08. The molecule has 0 bridgehead atoms. The summed E-state index contributed by atoms with van der Waals surface area (Å²) in [6, 6.07) is -1.43. The summed E-state index contributed by atoms with van der Waals surface area (Å²) in [7, 11) is 0. The van der Waals surface area contributed by atoms with E-state index in [1.807, 2.05) is 18.2 Å². The molecule has 0 aromatic heterocycles. The average molecular weight is 290 g/mol. The van der Waals surface area contributed by atoms with Crippen LogP contribution in [0.2, 0.25) is 0 Å². The largest absolute Gasteiger partial charge is 0.481 e. The van der Waals surface area contributed by atoms with Gasteiger partial charge in [0.15, 0.2) is 0 Å². The molecule has 21 heavy (non-hydrogen) atoms. The van der Waals surface area contributed by atoms with E-state index in [0.717, 1.165) is 17.7 Å². The van der Waals surface area contributed by atoms with Crippen molar-refractivity contribution in [2.45, 2.75) is 25.3 Å². The Kier molecular flexibility index (Phi) is 4.32. The summed E-state index contributed by atoms with van der Waals surface area (Å²) >= 11 is 0. The van der Waals surface area contributed by atoms with E-state index in [1.165, 1.54) is 0 Å². The Bertz CT molecular complexity index is 613. The molecule has 1 aliphatic carbocycles. The van der Waals surface area contributed by atoms with Crippen molar-refractivity contribution in [1.29, 1.82) is 0 Å². The third kappa shape index (κ3) is 3.65. The molecular formula is C14H14N2O5. The molecule has 3 N–H and O–H groups in total. The van der Waals surface area contributed by atoms with Crippen molar-refractivity contribution < 1.29 is 24.6 Å². The van der Waals surface area contributed by atoms with Crippen LogP contribution in [0.15, 0.2) is 40.1 Å². The maximum atomic E-state index is 11.9. The molecule has 0 spiro atoms. The summed E-state index contributed by atoms with van der Waals surface area (Å²) in [4.78, 5) is 37.5. The Morgan fingerprint density at radius 3 is 2.76 bits per heavy atom. The van der Waals surface area contributed by atoms with E-state index in [0.29, 0.717) is 5.57 Å². The molecule has 1 atom stereocenters. The fourth-order valence-corrected chi connectivity index (χ4v) is 2.11. The Morgan fingerprint density at radius 1 is 1.33 bits per heavy atom. The van der Waals surface area contributed by atoms with Gasteiger partial charge >= 0.3 is 11.9 Å². The number of hydrogen-bond acceptors (Lipinski definition) is 4. The number of rotatable bonds is 6. The minimum atomic E-state index is -1.43. The zero-order valence-electron chi connectivity index (χ0n) is 11.1. The van der Waals surface area contributed by atoms with Crippen LogP contribution >= 0.6 is 0 Å². The zero-order chi connectivity index (χ0) is 15.4. The highest BCUT2D eigenvalue weighted by Gasteiger charge is 2.24. The van der Waals surface area contributed by atoms with Gasteiger partial charge in [-0.25, -0.2) is 4.79 Å². The molecule has 1 amide bonds. The number of carbonyl (C=O) groups excluding carboxylic acids is 1. The number of hydrogen-bond donors (Lipinski definition) is 3. The SMILES string of the molecule is O=C(O)C[C@H](NC(=O)CC1=C2C=CCC=C2N=C1)C(=O)O. The van der Waals surface area contributed by atoms with Crippen LogP contribution in [0.25, 0.3) is 0 Å². The van der Waals surface area contributed by atoms with Gasteiger partial charge in [0, 0.05) is 11.8 Å². The Morgan fingerprint density at radius 2 is 2.10 bits per heavy atom. The monoisotopic (exact) mass is 290 g/mol. The number of fused-ring (bicyclic) bond motifs is 1. The summed E-state index contributed by atoms with van der Waals surface area (Å²) in [6.07, 6.45) is 7.41. The smallest absolute Gasteiger partial charge is 0.326 e. The van der Waals surface area contributed by atoms with Crippen molar-refractivity contribution in [3.8, 4) is 0 Å². The first-order valence-corrected chi connectivity index (χ1v) is 6.35. The molecule has 0 saturated carbocycles. The number of carboxylic acids is 2. The fourth-order valence-electron chi connectivity index (χ4n) is 2.11. The van der Waals surface area contributed by atoms with Crippen LogP contribution in [-0.2, 0) is 14.4 Å². The molecule has 0 aromatic rings. The van der Waals surface area contributed by atoms with Crippen LogP contribution in [0.3, 0.4) is 0 Å². The van der Waals surface area contributed by atoms with Gasteiger partial charge in [-0.2, -0.15) is 0 Å². The van der Waals surface area contributed by atoms with Gasteiger partial charge in [0.2, 0.25) is 5.91 Å². The molecule has 1 heterocycles. The lowest BCUT2D eigenvalue weighted by Crippen LogP contribution is -2.42. The normalized spacial score (nSPS) is 17.2. The zero-order valence-corrected chi connectivity index (χ0v) is 11.1. The van der Waals surface area contributed by atoms with Gasteiger partial charge < -0.3 is 15.5 Å². The molecular weight excluding hydrogens is 276 g/mol. The summed E-state index contributed by atoms with van der Waals surface area (Å²) in [5.41, 5.74) is 2.34. The molecule has 0 unspecified atom stereocenters. The first-order valence-electron chi connectivity index (χ1n) is 6.35. The average Bonchev–Trinajstić information content (AvgIpc) is 2.81. The first kappa shape index (κ1) is 14.7. The number of amides is 1. The van der Waals surface area contributed by atoms with Gasteiger partial charge in [-0.05, 0) is 12.0 Å².